The van der Waals surface area contributed by atoms with E-state index in [-0.39, 0.29) is 17.5 Å². The summed E-state index contributed by atoms with van der Waals surface area (Å²) in [4.78, 5) is 0.159. The quantitative estimate of drug-likeness (QED) is 0.716. The molecule has 0 saturated heterocycles. The van der Waals surface area contributed by atoms with Crippen molar-refractivity contribution in [2.24, 2.45) is 0 Å². The molecule has 1 rings (SSSR count). The molecule has 0 unspecified atom stereocenters. The zero-order chi connectivity index (χ0) is 15.2. The SMILES string of the molecule is CNCc1ccc(S(=O)(=O)NCCOC(C)C)cc1Cl. The van der Waals surface area contributed by atoms with Gasteiger partial charge in [0.05, 0.1) is 17.6 Å². The second kappa shape index (κ2) is 7.95. The zero-order valence-electron chi connectivity index (χ0n) is 11.9. The standard InChI is InChI=1S/C13H21ClN2O3S/c1-10(2)19-7-6-16-20(17,18)12-5-4-11(9-15-3)13(14)8-12/h4-5,8,10,15-16H,6-7,9H2,1-3H3. The summed E-state index contributed by atoms with van der Waals surface area (Å²) in [6.07, 6.45) is 0.0785. The maximum Gasteiger partial charge on any atom is 0.240 e. The summed E-state index contributed by atoms with van der Waals surface area (Å²) in [6.45, 7) is 4.96. The molecule has 0 bridgehead atoms. The van der Waals surface area contributed by atoms with E-state index >= 15 is 0 Å². The molecular formula is C13H21ClN2O3S. The van der Waals surface area contributed by atoms with Gasteiger partial charge < -0.3 is 10.1 Å². The van der Waals surface area contributed by atoms with Crippen LogP contribution in [0.4, 0.5) is 0 Å². The highest BCUT2D eigenvalue weighted by molar-refractivity contribution is 7.89. The molecule has 0 aromatic heterocycles. The molecule has 1 aromatic carbocycles. The third-order valence-electron chi connectivity index (χ3n) is 2.55. The number of ether oxygens (including phenoxy) is 1. The van der Waals surface area contributed by atoms with Crippen molar-refractivity contribution in [3.63, 3.8) is 0 Å². The number of halogens is 1. The first-order valence-corrected chi connectivity index (χ1v) is 8.27. The van der Waals surface area contributed by atoms with E-state index in [1.807, 2.05) is 13.8 Å². The first kappa shape index (κ1) is 17.4. The van der Waals surface area contributed by atoms with Gasteiger partial charge in [0.15, 0.2) is 0 Å². The van der Waals surface area contributed by atoms with Gasteiger partial charge in [-0.25, -0.2) is 13.1 Å². The molecule has 0 amide bonds. The van der Waals surface area contributed by atoms with Gasteiger partial charge in [0.25, 0.3) is 0 Å². The molecule has 0 saturated carbocycles. The van der Waals surface area contributed by atoms with Crippen LogP contribution in [0.5, 0.6) is 0 Å². The van der Waals surface area contributed by atoms with E-state index < -0.39 is 10.0 Å². The molecule has 20 heavy (non-hydrogen) atoms. The van der Waals surface area contributed by atoms with Crippen LogP contribution in [0.1, 0.15) is 19.4 Å². The first-order valence-electron chi connectivity index (χ1n) is 6.41. The largest absolute Gasteiger partial charge is 0.377 e. The molecule has 0 radical (unpaired) electrons. The van der Waals surface area contributed by atoms with E-state index in [1.54, 1.807) is 19.2 Å². The van der Waals surface area contributed by atoms with Crippen LogP contribution in [0.2, 0.25) is 5.02 Å². The predicted octanol–water partition coefficient (Wildman–Crippen LogP) is 1.76. The summed E-state index contributed by atoms with van der Waals surface area (Å²) in [5, 5.41) is 3.40. The van der Waals surface area contributed by atoms with E-state index in [0.29, 0.717) is 18.2 Å². The molecular weight excluding hydrogens is 300 g/mol. The normalized spacial score (nSPS) is 12.1. The van der Waals surface area contributed by atoms with Gasteiger partial charge in [-0.1, -0.05) is 17.7 Å². The number of rotatable bonds is 8. The van der Waals surface area contributed by atoms with Gasteiger partial charge in [-0.2, -0.15) is 0 Å². The molecule has 0 heterocycles. The van der Waals surface area contributed by atoms with Crippen LogP contribution in [0.25, 0.3) is 0 Å². The van der Waals surface area contributed by atoms with E-state index in [1.165, 1.54) is 6.07 Å². The summed E-state index contributed by atoms with van der Waals surface area (Å²) in [6, 6.07) is 4.71. The first-order chi connectivity index (χ1) is 9.36. The predicted molar refractivity (Wildman–Crippen MR) is 80.5 cm³/mol. The highest BCUT2D eigenvalue weighted by atomic mass is 35.5. The van der Waals surface area contributed by atoms with Crippen LogP contribution in [0.3, 0.4) is 0 Å². The second-order valence-electron chi connectivity index (χ2n) is 4.60. The third kappa shape index (κ3) is 5.38. The minimum absolute atomic E-state index is 0.0785. The molecule has 5 nitrogen and oxygen atoms in total. The van der Waals surface area contributed by atoms with E-state index in [9.17, 15) is 8.42 Å². The van der Waals surface area contributed by atoms with Crippen LogP contribution < -0.4 is 10.0 Å². The van der Waals surface area contributed by atoms with Crippen LogP contribution in [0.15, 0.2) is 23.1 Å². The molecule has 0 atom stereocenters. The lowest BCUT2D eigenvalue weighted by atomic mass is 10.2. The number of hydrogen-bond donors (Lipinski definition) is 2. The average Bonchev–Trinajstić information content (AvgIpc) is 2.37. The Labute approximate surface area is 125 Å². The zero-order valence-corrected chi connectivity index (χ0v) is 13.5. The second-order valence-corrected chi connectivity index (χ2v) is 6.78. The van der Waals surface area contributed by atoms with Gasteiger partial charge in [-0.15, -0.1) is 0 Å². The van der Waals surface area contributed by atoms with Crippen molar-refractivity contribution in [2.45, 2.75) is 31.4 Å². The van der Waals surface area contributed by atoms with Crippen LogP contribution in [-0.2, 0) is 21.3 Å². The van der Waals surface area contributed by atoms with Gasteiger partial charge >= 0.3 is 0 Å². The number of benzene rings is 1. The van der Waals surface area contributed by atoms with Crippen molar-refractivity contribution in [3.05, 3.63) is 28.8 Å². The van der Waals surface area contributed by atoms with Gasteiger partial charge in [-0.05, 0) is 38.6 Å². The molecule has 0 fully saturated rings. The lowest BCUT2D eigenvalue weighted by Gasteiger charge is -2.10. The maximum absolute atomic E-state index is 12.1. The van der Waals surface area contributed by atoms with Crippen molar-refractivity contribution >= 4 is 21.6 Å². The smallest absolute Gasteiger partial charge is 0.240 e. The lowest BCUT2D eigenvalue weighted by Crippen LogP contribution is -2.28. The minimum Gasteiger partial charge on any atom is -0.377 e. The Balaban J connectivity index is 2.70. The summed E-state index contributed by atoms with van der Waals surface area (Å²) in [5.74, 6) is 0. The van der Waals surface area contributed by atoms with Crippen molar-refractivity contribution in [1.82, 2.24) is 10.0 Å². The van der Waals surface area contributed by atoms with Crippen LogP contribution in [0, 0.1) is 0 Å². The molecule has 7 heteroatoms. The lowest BCUT2D eigenvalue weighted by molar-refractivity contribution is 0.0834. The van der Waals surface area contributed by atoms with Crippen molar-refractivity contribution in [1.29, 1.82) is 0 Å². The number of sulfonamides is 1. The fourth-order valence-electron chi connectivity index (χ4n) is 1.58. The highest BCUT2D eigenvalue weighted by Gasteiger charge is 2.15. The summed E-state index contributed by atoms with van der Waals surface area (Å²) >= 11 is 6.06. The van der Waals surface area contributed by atoms with Gasteiger partial charge in [0, 0.05) is 18.1 Å². The fraction of sp³-hybridized carbons (Fsp3) is 0.538. The van der Waals surface area contributed by atoms with E-state index in [0.717, 1.165) is 5.56 Å². The van der Waals surface area contributed by atoms with Gasteiger partial charge in [-0.3, -0.25) is 0 Å². The molecule has 0 aliphatic rings. The monoisotopic (exact) mass is 320 g/mol. The maximum atomic E-state index is 12.1. The average molecular weight is 321 g/mol. The Kier molecular flexibility index (Phi) is 6.91. The van der Waals surface area contributed by atoms with Crippen molar-refractivity contribution < 1.29 is 13.2 Å². The summed E-state index contributed by atoms with van der Waals surface area (Å²) < 4.78 is 31.9. The molecule has 114 valence electrons. The van der Waals surface area contributed by atoms with Gasteiger partial charge in [0.2, 0.25) is 10.0 Å². The highest BCUT2D eigenvalue weighted by Crippen LogP contribution is 2.20. The number of hydrogen-bond acceptors (Lipinski definition) is 4. The Morgan fingerprint density at radius 2 is 2.05 bits per heavy atom. The van der Waals surface area contributed by atoms with Crippen molar-refractivity contribution in [3.8, 4) is 0 Å². The summed E-state index contributed by atoms with van der Waals surface area (Å²) in [7, 11) is -1.74. The summed E-state index contributed by atoms with van der Waals surface area (Å²) in [5.41, 5.74) is 0.858. The molecule has 0 aliphatic carbocycles. The van der Waals surface area contributed by atoms with E-state index in [2.05, 4.69) is 10.0 Å². The molecule has 1 aromatic rings. The van der Waals surface area contributed by atoms with Crippen LogP contribution >= 0.6 is 11.6 Å². The molecule has 2 N–H and O–H groups in total. The molecule has 0 spiro atoms. The third-order valence-corrected chi connectivity index (χ3v) is 4.36. The number of nitrogens with one attached hydrogen (secondary N) is 2. The van der Waals surface area contributed by atoms with Crippen LogP contribution in [-0.4, -0.2) is 34.7 Å². The Hall–Kier alpha value is -0.660. The Morgan fingerprint density at radius 1 is 1.35 bits per heavy atom. The fourth-order valence-corrected chi connectivity index (χ4v) is 2.93. The Bertz CT molecular complexity index is 532. The molecule has 0 aliphatic heterocycles. The topological polar surface area (TPSA) is 67.4 Å². The van der Waals surface area contributed by atoms with E-state index in [4.69, 9.17) is 16.3 Å². The minimum atomic E-state index is -3.55. The van der Waals surface area contributed by atoms with Crippen molar-refractivity contribution in [2.75, 3.05) is 20.2 Å². The Morgan fingerprint density at radius 3 is 2.60 bits per heavy atom. The van der Waals surface area contributed by atoms with Gasteiger partial charge in [0.1, 0.15) is 0 Å².